The first-order valence-corrected chi connectivity index (χ1v) is 6.86. The molecule has 17 heavy (non-hydrogen) atoms. The van der Waals surface area contributed by atoms with E-state index in [0.29, 0.717) is 6.61 Å². The molecule has 2 rings (SSSR count). The zero-order valence-electron chi connectivity index (χ0n) is 10.6. The summed E-state index contributed by atoms with van der Waals surface area (Å²) in [7, 11) is 0. The Hall–Kier alpha value is -0.520. The Bertz CT molecular complexity index is 367. The standard InChI is InChI=1S/C12H20N2O2S/c1-12(2,3)11-10(17-14-13-11)9(15)8-5-4-6-16-7-8/h8-9,15H,4-7H2,1-3H3. The quantitative estimate of drug-likeness (QED) is 0.882. The van der Waals surface area contributed by atoms with Crippen molar-refractivity contribution in [1.29, 1.82) is 0 Å². The molecule has 2 atom stereocenters. The molecule has 0 radical (unpaired) electrons. The van der Waals surface area contributed by atoms with Gasteiger partial charge in [0.1, 0.15) is 0 Å². The van der Waals surface area contributed by atoms with E-state index in [2.05, 4.69) is 30.4 Å². The van der Waals surface area contributed by atoms with Gasteiger partial charge in [0, 0.05) is 17.9 Å². The van der Waals surface area contributed by atoms with E-state index in [9.17, 15) is 5.11 Å². The Balaban J connectivity index is 2.18. The first kappa shape index (κ1) is 12.9. The Morgan fingerprint density at radius 2 is 2.24 bits per heavy atom. The highest BCUT2D eigenvalue weighted by molar-refractivity contribution is 7.05. The summed E-state index contributed by atoms with van der Waals surface area (Å²) in [6.07, 6.45) is 1.56. The highest BCUT2D eigenvalue weighted by Gasteiger charge is 2.31. The van der Waals surface area contributed by atoms with Crippen molar-refractivity contribution in [3.63, 3.8) is 0 Å². The van der Waals surface area contributed by atoms with Crippen LogP contribution in [-0.2, 0) is 10.2 Å². The van der Waals surface area contributed by atoms with Crippen LogP contribution in [0.4, 0.5) is 0 Å². The molecule has 1 fully saturated rings. The summed E-state index contributed by atoms with van der Waals surface area (Å²) >= 11 is 1.31. The van der Waals surface area contributed by atoms with E-state index in [1.807, 2.05) is 0 Å². The molecule has 0 aliphatic carbocycles. The van der Waals surface area contributed by atoms with Crippen LogP contribution in [-0.4, -0.2) is 27.9 Å². The van der Waals surface area contributed by atoms with Crippen LogP contribution < -0.4 is 0 Å². The van der Waals surface area contributed by atoms with Crippen LogP contribution in [0.3, 0.4) is 0 Å². The molecule has 5 heteroatoms. The summed E-state index contributed by atoms with van der Waals surface area (Å²) in [5.41, 5.74) is 0.847. The van der Waals surface area contributed by atoms with Gasteiger partial charge < -0.3 is 9.84 Å². The van der Waals surface area contributed by atoms with Gasteiger partial charge in [-0.25, -0.2) is 0 Å². The highest BCUT2D eigenvalue weighted by atomic mass is 32.1. The molecular weight excluding hydrogens is 236 g/mol. The zero-order chi connectivity index (χ0) is 12.5. The van der Waals surface area contributed by atoms with E-state index < -0.39 is 6.10 Å². The Morgan fingerprint density at radius 3 is 2.82 bits per heavy atom. The minimum absolute atomic E-state index is 0.0706. The number of hydrogen-bond donors (Lipinski definition) is 1. The molecular formula is C12H20N2O2S. The third kappa shape index (κ3) is 2.84. The number of hydrogen-bond acceptors (Lipinski definition) is 5. The Morgan fingerprint density at radius 1 is 1.47 bits per heavy atom. The van der Waals surface area contributed by atoms with Crippen molar-refractivity contribution < 1.29 is 9.84 Å². The molecule has 0 aromatic carbocycles. The number of ether oxygens (including phenoxy) is 1. The van der Waals surface area contributed by atoms with Gasteiger partial charge in [0.25, 0.3) is 0 Å². The summed E-state index contributed by atoms with van der Waals surface area (Å²) in [6, 6.07) is 0. The SMILES string of the molecule is CC(C)(C)c1nnsc1C(O)C1CCCOC1. The van der Waals surface area contributed by atoms with Crippen LogP contribution in [0.25, 0.3) is 0 Å². The fraction of sp³-hybridized carbons (Fsp3) is 0.833. The van der Waals surface area contributed by atoms with Crippen molar-refractivity contribution in [2.75, 3.05) is 13.2 Å². The number of rotatable bonds is 2. The van der Waals surface area contributed by atoms with E-state index in [0.717, 1.165) is 30.0 Å². The fourth-order valence-electron chi connectivity index (χ4n) is 2.14. The molecule has 1 N–H and O–H groups in total. The van der Waals surface area contributed by atoms with E-state index in [4.69, 9.17) is 4.74 Å². The first-order valence-electron chi connectivity index (χ1n) is 6.08. The van der Waals surface area contributed by atoms with Crippen LogP contribution >= 0.6 is 11.5 Å². The van der Waals surface area contributed by atoms with Gasteiger partial charge in [0.15, 0.2) is 0 Å². The molecule has 1 aliphatic rings. The molecule has 0 spiro atoms. The normalized spacial score (nSPS) is 23.6. The van der Waals surface area contributed by atoms with Gasteiger partial charge >= 0.3 is 0 Å². The maximum atomic E-state index is 10.4. The number of aromatic nitrogens is 2. The number of nitrogens with zero attached hydrogens (tertiary/aromatic N) is 2. The molecule has 4 nitrogen and oxygen atoms in total. The smallest absolute Gasteiger partial charge is 0.0967 e. The summed E-state index contributed by atoms with van der Waals surface area (Å²) in [4.78, 5) is 0.910. The summed E-state index contributed by atoms with van der Waals surface area (Å²) in [6.45, 7) is 7.74. The topological polar surface area (TPSA) is 55.2 Å². The molecule has 1 saturated heterocycles. The summed E-state index contributed by atoms with van der Waals surface area (Å²) in [5.74, 6) is 0.187. The van der Waals surface area contributed by atoms with Gasteiger partial charge in [0.2, 0.25) is 0 Å². The predicted molar refractivity (Wildman–Crippen MR) is 67.1 cm³/mol. The summed E-state index contributed by atoms with van der Waals surface area (Å²) in [5, 5.41) is 14.6. The van der Waals surface area contributed by atoms with Crippen molar-refractivity contribution in [3.05, 3.63) is 10.6 Å². The lowest BCUT2D eigenvalue weighted by Gasteiger charge is -2.27. The number of aliphatic hydroxyl groups excluding tert-OH is 1. The predicted octanol–water partition coefficient (Wildman–Crippen LogP) is 2.30. The van der Waals surface area contributed by atoms with Crippen molar-refractivity contribution in [3.8, 4) is 0 Å². The van der Waals surface area contributed by atoms with Crippen LogP contribution in [0.1, 0.15) is 50.3 Å². The maximum Gasteiger partial charge on any atom is 0.0967 e. The largest absolute Gasteiger partial charge is 0.387 e. The van der Waals surface area contributed by atoms with Crippen LogP contribution in [0.2, 0.25) is 0 Å². The average Bonchev–Trinajstić information content (AvgIpc) is 2.78. The van der Waals surface area contributed by atoms with E-state index >= 15 is 0 Å². The van der Waals surface area contributed by atoms with Gasteiger partial charge in [-0.2, -0.15) is 0 Å². The lowest BCUT2D eigenvalue weighted by molar-refractivity contribution is -0.00925. The molecule has 96 valence electrons. The molecule has 1 aromatic rings. The second-order valence-electron chi connectivity index (χ2n) is 5.66. The van der Waals surface area contributed by atoms with Gasteiger partial charge in [-0.3, -0.25) is 0 Å². The van der Waals surface area contributed by atoms with Gasteiger partial charge in [0.05, 0.1) is 23.3 Å². The minimum Gasteiger partial charge on any atom is -0.387 e. The minimum atomic E-state index is -0.482. The van der Waals surface area contributed by atoms with Crippen molar-refractivity contribution in [2.24, 2.45) is 5.92 Å². The molecule has 2 heterocycles. The molecule has 1 aliphatic heterocycles. The van der Waals surface area contributed by atoms with Crippen LogP contribution in [0.5, 0.6) is 0 Å². The molecule has 0 bridgehead atoms. The van der Waals surface area contributed by atoms with Gasteiger partial charge in [-0.1, -0.05) is 25.3 Å². The summed E-state index contributed by atoms with van der Waals surface area (Å²) < 4.78 is 9.43. The highest BCUT2D eigenvalue weighted by Crippen LogP contribution is 2.36. The van der Waals surface area contributed by atoms with Crippen LogP contribution in [0, 0.1) is 5.92 Å². The second kappa shape index (κ2) is 5.00. The van der Waals surface area contributed by atoms with Crippen molar-refractivity contribution in [1.82, 2.24) is 9.59 Å². The van der Waals surface area contributed by atoms with Crippen LogP contribution in [0.15, 0.2) is 0 Å². The van der Waals surface area contributed by atoms with Crippen molar-refractivity contribution >= 4 is 11.5 Å². The first-order chi connectivity index (χ1) is 8.00. The van der Waals surface area contributed by atoms with E-state index in [1.165, 1.54) is 11.5 Å². The third-order valence-electron chi connectivity index (χ3n) is 3.13. The van der Waals surface area contributed by atoms with Gasteiger partial charge in [-0.05, 0) is 24.4 Å². The van der Waals surface area contributed by atoms with Gasteiger partial charge in [-0.15, -0.1) is 5.10 Å². The average molecular weight is 256 g/mol. The van der Waals surface area contributed by atoms with E-state index in [1.54, 1.807) is 0 Å². The Kier molecular flexibility index (Phi) is 3.80. The lowest BCUT2D eigenvalue weighted by atomic mass is 9.87. The molecule has 1 aromatic heterocycles. The van der Waals surface area contributed by atoms with Crippen molar-refractivity contribution in [2.45, 2.75) is 45.1 Å². The molecule has 0 saturated carbocycles. The third-order valence-corrected chi connectivity index (χ3v) is 3.93. The molecule has 2 unspecified atom stereocenters. The zero-order valence-corrected chi connectivity index (χ0v) is 11.5. The van der Waals surface area contributed by atoms with E-state index in [-0.39, 0.29) is 11.3 Å². The maximum absolute atomic E-state index is 10.4. The molecule has 0 amide bonds. The second-order valence-corrected chi connectivity index (χ2v) is 6.44. The fourth-order valence-corrected chi connectivity index (χ4v) is 3.08. The number of aliphatic hydroxyl groups is 1. The lowest BCUT2D eigenvalue weighted by Crippen LogP contribution is -2.25. The Labute approximate surface area is 106 Å². The monoisotopic (exact) mass is 256 g/mol.